The first-order valence-electron chi connectivity index (χ1n) is 5.20. The van der Waals surface area contributed by atoms with E-state index in [1.54, 1.807) is 0 Å². The van der Waals surface area contributed by atoms with Gasteiger partial charge in [0.15, 0.2) is 0 Å². The number of rotatable bonds is 6. The maximum absolute atomic E-state index is 5.48. The third-order valence-corrected chi connectivity index (χ3v) is 4.57. The van der Waals surface area contributed by atoms with Crippen molar-refractivity contribution >= 4 is 23.1 Å². The van der Waals surface area contributed by atoms with Crippen LogP contribution in [-0.2, 0) is 6.54 Å². The van der Waals surface area contributed by atoms with E-state index in [-0.39, 0.29) is 0 Å². The van der Waals surface area contributed by atoms with Gasteiger partial charge in [0.25, 0.3) is 0 Å². The Labute approximate surface area is 101 Å². The first-order chi connectivity index (χ1) is 7.13. The van der Waals surface area contributed by atoms with Crippen molar-refractivity contribution in [3.8, 4) is 0 Å². The molecule has 0 atom stereocenters. The molecule has 2 N–H and O–H groups in total. The third kappa shape index (κ3) is 4.55. The second-order valence-electron chi connectivity index (χ2n) is 3.90. The van der Waals surface area contributed by atoms with Crippen LogP contribution in [0.25, 0.3) is 0 Å². The monoisotopic (exact) mass is 244 g/mol. The SMILES string of the molecule is Cc1cc(SCCCN)sc1CN(C)C. The van der Waals surface area contributed by atoms with E-state index in [4.69, 9.17) is 5.73 Å². The van der Waals surface area contributed by atoms with Gasteiger partial charge in [0.2, 0.25) is 0 Å². The smallest absolute Gasteiger partial charge is 0.0604 e. The molecule has 4 heteroatoms. The number of hydrogen-bond acceptors (Lipinski definition) is 4. The molecule has 0 radical (unpaired) electrons. The molecule has 1 rings (SSSR count). The van der Waals surface area contributed by atoms with E-state index >= 15 is 0 Å². The van der Waals surface area contributed by atoms with Crippen LogP contribution in [0.5, 0.6) is 0 Å². The zero-order chi connectivity index (χ0) is 11.3. The van der Waals surface area contributed by atoms with Gasteiger partial charge in [-0.15, -0.1) is 23.1 Å². The molecule has 1 aromatic heterocycles. The summed E-state index contributed by atoms with van der Waals surface area (Å²) in [4.78, 5) is 3.70. The molecule has 15 heavy (non-hydrogen) atoms. The van der Waals surface area contributed by atoms with Crippen LogP contribution in [0.4, 0.5) is 0 Å². The van der Waals surface area contributed by atoms with Crippen molar-refractivity contribution in [2.45, 2.75) is 24.1 Å². The molecule has 0 aliphatic carbocycles. The fourth-order valence-electron chi connectivity index (χ4n) is 1.26. The number of nitrogens with zero attached hydrogens (tertiary/aromatic N) is 1. The summed E-state index contributed by atoms with van der Waals surface area (Å²) in [5, 5.41) is 0. The largest absolute Gasteiger partial charge is 0.330 e. The summed E-state index contributed by atoms with van der Waals surface area (Å²) in [6.07, 6.45) is 1.10. The van der Waals surface area contributed by atoms with E-state index < -0.39 is 0 Å². The predicted molar refractivity (Wildman–Crippen MR) is 70.8 cm³/mol. The highest BCUT2D eigenvalue weighted by Gasteiger charge is 2.06. The van der Waals surface area contributed by atoms with E-state index in [9.17, 15) is 0 Å². The van der Waals surface area contributed by atoms with Crippen LogP contribution < -0.4 is 5.73 Å². The van der Waals surface area contributed by atoms with Crippen LogP contribution in [-0.4, -0.2) is 31.3 Å². The fraction of sp³-hybridized carbons (Fsp3) is 0.636. The summed E-state index contributed by atoms with van der Waals surface area (Å²) in [5.74, 6) is 1.14. The van der Waals surface area contributed by atoms with E-state index in [0.29, 0.717) is 0 Å². The normalized spacial score (nSPS) is 11.3. The molecule has 0 unspecified atom stereocenters. The zero-order valence-corrected chi connectivity index (χ0v) is 11.4. The van der Waals surface area contributed by atoms with E-state index in [2.05, 4.69) is 32.0 Å². The summed E-state index contributed by atoms with van der Waals surface area (Å²) in [6.45, 7) is 4.04. The molecule has 0 amide bonds. The minimum Gasteiger partial charge on any atom is -0.330 e. The van der Waals surface area contributed by atoms with Gasteiger partial charge in [0.05, 0.1) is 4.21 Å². The Morgan fingerprint density at radius 2 is 2.20 bits per heavy atom. The highest BCUT2D eigenvalue weighted by atomic mass is 32.2. The van der Waals surface area contributed by atoms with Crippen LogP contribution in [0.3, 0.4) is 0 Å². The summed E-state index contributed by atoms with van der Waals surface area (Å²) in [7, 11) is 4.22. The maximum Gasteiger partial charge on any atom is 0.0604 e. The van der Waals surface area contributed by atoms with Gasteiger partial charge in [-0.3, -0.25) is 0 Å². The van der Waals surface area contributed by atoms with Crippen molar-refractivity contribution in [3.63, 3.8) is 0 Å². The first kappa shape index (κ1) is 13.0. The molecule has 1 aromatic rings. The van der Waals surface area contributed by atoms with Crippen LogP contribution in [0, 0.1) is 6.92 Å². The Hall–Kier alpha value is -0.0300. The molecule has 0 fully saturated rings. The summed E-state index contributed by atoms with van der Waals surface area (Å²) >= 11 is 3.85. The van der Waals surface area contributed by atoms with E-state index in [1.807, 2.05) is 23.1 Å². The summed E-state index contributed by atoms with van der Waals surface area (Å²) in [6, 6.07) is 2.30. The van der Waals surface area contributed by atoms with Gasteiger partial charge < -0.3 is 10.6 Å². The summed E-state index contributed by atoms with van der Waals surface area (Å²) < 4.78 is 1.43. The Bertz CT molecular complexity index is 295. The topological polar surface area (TPSA) is 29.3 Å². The summed E-state index contributed by atoms with van der Waals surface area (Å²) in [5.41, 5.74) is 6.90. The average Bonchev–Trinajstić information content (AvgIpc) is 2.47. The average molecular weight is 244 g/mol. The molecule has 0 bridgehead atoms. The highest BCUT2D eigenvalue weighted by molar-refractivity contribution is 8.01. The quantitative estimate of drug-likeness (QED) is 0.616. The standard InChI is InChI=1S/C11H20N2S2/c1-9-7-11(14-6-4-5-12)15-10(9)8-13(2)3/h7H,4-6,8,12H2,1-3H3. The maximum atomic E-state index is 5.48. The molecule has 0 aliphatic rings. The molecule has 2 nitrogen and oxygen atoms in total. The Morgan fingerprint density at radius 1 is 1.47 bits per heavy atom. The Morgan fingerprint density at radius 3 is 2.80 bits per heavy atom. The molecular weight excluding hydrogens is 224 g/mol. The van der Waals surface area contributed by atoms with Gasteiger partial charge in [-0.1, -0.05) is 0 Å². The van der Waals surface area contributed by atoms with Crippen molar-refractivity contribution in [1.29, 1.82) is 0 Å². The zero-order valence-electron chi connectivity index (χ0n) is 9.75. The lowest BCUT2D eigenvalue weighted by atomic mass is 10.3. The van der Waals surface area contributed by atoms with Gasteiger partial charge in [-0.05, 0) is 51.4 Å². The molecular formula is C11H20N2S2. The molecule has 0 aromatic carbocycles. The minimum atomic E-state index is 0.794. The second kappa shape index (κ2) is 6.53. The number of nitrogens with two attached hydrogens (primary N) is 1. The van der Waals surface area contributed by atoms with Crippen LogP contribution in [0.15, 0.2) is 10.3 Å². The molecule has 86 valence electrons. The van der Waals surface area contributed by atoms with Gasteiger partial charge in [-0.2, -0.15) is 0 Å². The lowest BCUT2D eigenvalue weighted by Crippen LogP contribution is -2.09. The van der Waals surface area contributed by atoms with Crippen molar-refractivity contribution < 1.29 is 0 Å². The highest BCUT2D eigenvalue weighted by Crippen LogP contribution is 2.31. The van der Waals surface area contributed by atoms with Crippen LogP contribution >= 0.6 is 23.1 Å². The van der Waals surface area contributed by atoms with Crippen molar-refractivity contribution in [3.05, 3.63) is 16.5 Å². The Kier molecular flexibility index (Phi) is 5.68. The van der Waals surface area contributed by atoms with Crippen molar-refractivity contribution in [1.82, 2.24) is 4.90 Å². The Balaban J connectivity index is 2.52. The fourth-order valence-corrected chi connectivity index (χ4v) is 3.84. The lowest BCUT2D eigenvalue weighted by Gasteiger charge is -2.07. The number of thiophene rings is 1. The molecule has 0 spiro atoms. The van der Waals surface area contributed by atoms with E-state index in [0.717, 1.165) is 25.3 Å². The van der Waals surface area contributed by atoms with Gasteiger partial charge in [0, 0.05) is 11.4 Å². The minimum absolute atomic E-state index is 0.794. The van der Waals surface area contributed by atoms with Gasteiger partial charge >= 0.3 is 0 Å². The number of aryl methyl sites for hydroxylation is 1. The third-order valence-electron chi connectivity index (χ3n) is 2.05. The van der Waals surface area contributed by atoms with Crippen molar-refractivity contribution in [2.24, 2.45) is 5.73 Å². The first-order valence-corrected chi connectivity index (χ1v) is 7.00. The number of thioether (sulfide) groups is 1. The lowest BCUT2D eigenvalue weighted by molar-refractivity contribution is 0.405. The van der Waals surface area contributed by atoms with Crippen molar-refractivity contribution in [2.75, 3.05) is 26.4 Å². The van der Waals surface area contributed by atoms with Crippen LogP contribution in [0.1, 0.15) is 16.9 Å². The molecule has 1 heterocycles. The predicted octanol–water partition coefficient (Wildman–Crippen LogP) is 2.56. The molecule has 0 aliphatic heterocycles. The van der Waals surface area contributed by atoms with Crippen LogP contribution in [0.2, 0.25) is 0 Å². The second-order valence-corrected chi connectivity index (χ2v) is 6.43. The van der Waals surface area contributed by atoms with Gasteiger partial charge in [0.1, 0.15) is 0 Å². The number of hydrogen-bond donors (Lipinski definition) is 1. The molecule has 0 saturated heterocycles. The van der Waals surface area contributed by atoms with Gasteiger partial charge in [-0.25, -0.2) is 0 Å². The van der Waals surface area contributed by atoms with E-state index in [1.165, 1.54) is 14.6 Å². The molecule has 0 saturated carbocycles.